The van der Waals surface area contributed by atoms with Crippen LogP contribution in [0.4, 0.5) is 17.6 Å². The SMILES string of the molecule is CSc1ccccc1NC(=O)CN(C)[C@H](C)c1nc(N)nc(N(C)C)n1. The lowest BCUT2D eigenvalue weighted by atomic mass is 10.2. The quantitative estimate of drug-likeness (QED) is 0.708. The van der Waals surface area contributed by atoms with Gasteiger partial charge in [-0.3, -0.25) is 9.69 Å². The fourth-order valence-corrected chi connectivity index (χ4v) is 2.84. The topological polar surface area (TPSA) is 100 Å². The van der Waals surface area contributed by atoms with Crippen LogP contribution in [0.2, 0.25) is 0 Å². The number of thioether (sulfide) groups is 1. The van der Waals surface area contributed by atoms with E-state index in [1.165, 1.54) is 0 Å². The summed E-state index contributed by atoms with van der Waals surface area (Å²) in [5.41, 5.74) is 6.59. The number of amides is 1. The Hall–Kier alpha value is -2.39. The number of nitrogen functional groups attached to an aromatic ring is 1. The zero-order valence-corrected chi connectivity index (χ0v) is 16.5. The maximum absolute atomic E-state index is 12.4. The molecule has 1 aromatic carbocycles. The molecule has 0 unspecified atom stereocenters. The molecule has 0 aliphatic carbocycles. The molecule has 0 fully saturated rings. The van der Waals surface area contributed by atoms with Crippen molar-refractivity contribution < 1.29 is 4.79 Å². The number of carbonyl (C=O) groups excluding carboxylic acids is 1. The van der Waals surface area contributed by atoms with Crippen LogP contribution in [0.3, 0.4) is 0 Å². The first kappa shape index (κ1) is 19.9. The van der Waals surface area contributed by atoms with Gasteiger partial charge >= 0.3 is 0 Å². The highest BCUT2D eigenvalue weighted by atomic mass is 32.2. The minimum absolute atomic E-state index is 0.101. The molecule has 0 radical (unpaired) electrons. The maximum atomic E-state index is 12.4. The van der Waals surface area contributed by atoms with Crippen LogP contribution < -0.4 is 16.0 Å². The third-order valence-corrected chi connectivity index (χ3v) is 4.66. The molecular formula is C17H25N7OS. The van der Waals surface area contributed by atoms with Crippen LogP contribution in [0.15, 0.2) is 29.2 Å². The number of benzene rings is 1. The van der Waals surface area contributed by atoms with Gasteiger partial charge in [0, 0.05) is 19.0 Å². The number of rotatable bonds is 7. The molecule has 1 amide bonds. The fraction of sp³-hybridized carbons (Fsp3) is 0.412. The molecule has 3 N–H and O–H groups in total. The zero-order valence-electron chi connectivity index (χ0n) is 15.7. The molecule has 0 aliphatic heterocycles. The number of nitrogens with zero attached hydrogens (tertiary/aromatic N) is 5. The predicted octanol–water partition coefficient (Wildman–Crippen LogP) is 1.87. The van der Waals surface area contributed by atoms with E-state index in [0.717, 1.165) is 10.6 Å². The lowest BCUT2D eigenvalue weighted by Crippen LogP contribution is -2.33. The molecule has 0 saturated carbocycles. The average molecular weight is 376 g/mol. The minimum atomic E-state index is -0.194. The third-order valence-electron chi connectivity index (χ3n) is 3.87. The van der Waals surface area contributed by atoms with Gasteiger partial charge in [0.15, 0.2) is 5.82 Å². The number of nitrogens with one attached hydrogen (secondary N) is 1. The molecule has 1 atom stereocenters. The summed E-state index contributed by atoms with van der Waals surface area (Å²) in [7, 11) is 5.52. The third kappa shape index (κ3) is 5.06. The van der Waals surface area contributed by atoms with E-state index >= 15 is 0 Å². The Balaban J connectivity index is 2.07. The van der Waals surface area contributed by atoms with E-state index < -0.39 is 0 Å². The number of para-hydroxylation sites is 1. The van der Waals surface area contributed by atoms with Crippen LogP contribution in [0.5, 0.6) is 0 Å². The first-order chi connectivity index (χ1) is 12.3. The highest BCUT2D eigenvalue weighted by Crippen LogP contribution is 2.24. The molecule has 140 valence electrons. The maximum Gasteiger partial charge on any atom is 0.238 e. The van der Waals surface area contributed by atoms with Crippen molar-refractivity contribution >= 4 is 35.3 Å². The highest BCUT2D eigenvalue weighted by molar-refractivity contribution is 7.98. The van der Waals surface area contributed by atoms with Gasteiger partial charge in [0.05, 0.1) is 18.3 Å². The number of hydrogen-bond acceptors (Lipinski definition) is 8. The summed E-state index contributed by atoms with van der Waals surface area (Å²) in [6.07, 6.45) is 1.98. The van der Waals surface area contributed by atoms with E-state index in [1.54, 1.807) is 16.7 Å². The van der Waals surface area contributed by atoms with Gasteiger partial charge in [0.2, 0.25) is 17.8 Å². The van der Waals surface area contributed by atoms with Gasteiger partial charge in [-0.05, 0) is 32.4 Å². The number of likely N-dealkylation sites (N-methyl/N-ethyl adjacent to an activating group) is 1. The highest BCUT2D eigenvalue weighted by Gasteiger charge is 2.20. The van der Waals surface area contributed by atoms with E-state index in [9.17, 15) is 4.79 Å². The number of carbonyl (C=O) groups is 1. The molecule has 2 aromatic rings. The van der Waals surface area contributed by atoms with Gasteiger partial charge in [0.25, 0.3) is 0 Å². The molecule has 9 heteroatoms. The molecule has 1 aromatic heterocycles. The standard InChI is InChI=1S/C17H25N7OS/c1-11(15-20-16(18)22-17(21-15)23(2)3)24(4)10-14(25)19-12-8-6-7-9-13(12)26-5/h6-9,11H,10H2,1-5H3,(H,19,25)(H2,18,20,21,22)/t11-/m1/s1. The molecule has 0 bridgehead atoms. The summed E-state index contributed by atoms with van der Waals surface area (Å²) >= 11 is 1.59. The summed E-state index contributed by atoms with van der Waals surface area (Å²) in [5, 5.41) is 2.95. The summed E-state index contributed by atoms with van der Waals surface area (Å²) < 4.78 is 0. The van der Waals surface area contributed by atoms with Crippen LogP contribution in [-0.4, -0.2) is 59.7 Å². The smallest absolute Gasteiger partial charge is 0.238 e. The van der Waals surface area contributed by atoms with E-state index in [0.29, 0.717) is 11.8 Å². The van der Waals surface area contributed by atoms with Gasteiger partial charge in [0.1, 0.15) is 0 Å². The fourth-order valence-electron chi connectivity index (χ4n) is 2.28. The van der Waals surface area contributed by atoms with Crippen molar-refractivity contribution in [3.63, 3.8) is 0 Å². The zero-order chi connectivity index (χ0) is 19.3. The van der Waals surface area contributed by atoms with Crippen molar-refractivity contribution in [1.82, 2.24) is 19.9 Å². The Bertz CT molecular complexity index is 769. The van der Waals surface area contributed by atoms with E-state index in [4.69, 9.17) is 5.73 Å². The van der Waals surface area contributed by atoms with E-state index in [-0.39, 0.29) is 24.4 Å². The summed E-state index contributed by atoms with van der Waals surface area (Å²) in [4.78, 5) is 29.8. The molecule has 0 spiro atoms. The Morgan fingerprint density at radius 3 is 2.58 bits per heavy atom. The summed E-state index contributed by atoms with van der Waals surface area (Å²) in [6, 6.07) is 7.52. The summed E-state index contributed by atoms with van der Waals surface area (Å²) in [6.45, 7) is 2.13. The van der Waals surface area contributed by atoms with Crippen molar-refractivity contribution in [3.8, 4) is 0 Å². The minimum Gasteiger partial charge on any atom is -0.368 e. The van der Waals surface area contributed by atoms with E-state index in [2.05, 4.69) is 20.3 Å². The number of hydrogen-bond donors (Lipinski definition) is 2. The van der Waals surface area contributed by atoms with Crippen molar-refractivity contribution in [2.45, 2.75) is 17.9 Å². The predicted molar refractivity (Wildman–Crippen MR) is 106 cm³/mol. The van der Waals surface area contributed by atoms with Gasteiger partial charge in [-0.15, -0.1) is 11.8 Å². The molecule has 1 heterocycles. The van der Waals surface area contributed by atoms with Gasteiger partial charge in [-0.2, -0.15) is 15.0 Å². The number of anilines is 3. The van der Waals surface area contributed by atoms with Gasteiger partial charge in [-0.1, -0.05) is 12.1 Å². The molecule has 26 heavy (non-hydrogen) atoms. The van der Waals surface area contributed by atoms with Crippen molar-refractivity contribution in [1.29, 1.82) is 0 Å². The van der Waals surface area contributed by atoms with Gasteiger partial charge < -0.3 is 16.0 Å². The van der Waals surface area contributed by atoms with Crippen LogP contribution in [0.25, 0.3) is 0 Å². The molecule has 0 saturated heterocycles. The van der Waals surface area contributed by atoms with E-state index in [1.807, 2.05) is 63.5 Å². The Morgan fingerprint density at radius 1 is 1.23 bits per heavy atom. The van der Waals surface area contributed by atoms with Crippen molar-refractivity contribution in [2.24, 2.45) is 0 Å². The second-order valence-corrected chi connectivity index (χ2v) is 6.93. The normalized spacial score (nSPS) is 12.1. The van der Waals surface area contributed by atoms with Crippen molar-refractivity contribution in [2.75, 3.05) is 49.9 Å². The van der Waals surface area contributed by atoms with Crippen LogP contribution in [0.1, 0.15) is 18.8 Å². The lowest BCUT2D eigenvalue weighted by Gasteiger charge is -2.24. The Labute approximate surface area is 158 Å². The Kier molecular flexibility index (Phi) is 6.76. The Morgan fingerprint density at radius 2 is 1.92 bits per heavy atom. The average Bonchev–Trinajstić information content (AvgIpc) is 2.60. The second-order valence-electron chi connectivity index (χ2n) is 6.09. The lowest BCUT2D eigenvalue weighted by molar-refractivity contribution is -0.117. The number of nitrogens with two attached hydrogens (primary N) is 1. The molecule has 8 nitrogen and oxygen atoms in total. The first-order valence-electron chi connectivity index (χ1n) is 8.13. The van der Waals surface area contributed by atoms with Crippen molar-refractivity contribution in [3.05, 3.63) is 30.1 Å². The largest absolute Gasteiger partial charge is 0.368 e. The second kappa shape index (κ2) is 8.81. The summed E-state index contributed by atoms with van der Waals surface area (Å²) in [5.74, 6) is 1.08. The van der Waals surface area contributed by atoms with Gasteiger partial charge in [-0.25, -0.2) is 0 Å². The monoisotopic (exact) mass is 375 g/mol. The van der Waals surface area contributed by atoms with Crippen LogP contribution in [0, 0.1) is 0 Å². The molecule has 0 aliphatic rings. The molecule has 2 rings (SSSR count). The van der Waals surface area contributed by atoms with Crippen LogP contribution >= 0.6 is 11.8 Å². The number of aromatic nitrogens is 3. The first-order valence-corrected chi connectivity index (χ1v) is 9.36. The molecular weight excluding hydrogens is 350 g/mol. The van der Waals surface area contributed by atoms with Crippen LogP contribution in [-0.2, 0) is 4.79 Å².